The molecule has 6 nitrogen and oxygen atoms in total. The number of amides is 1. The van der Waals surface area contributed by atoms with Crippen LogP contribution in [0.3, 0.4) is 0 Å². The Bertz CT molecular complexity index is 879. The second kappa shape index (κ2) is 5.72. The minimum atomic E-state index is -0.121. The molecule has 4 rings (SSSR count). The van der Waals surface area contributed by atoms with E-state index in [0.717, 1.165) is 17.7 Å². The highest BCUT2D eigenvalue weighted by molar-refractivity contribution is 6.06. The lowest BCUT2D eigenvalue weighted by atomic mass is 9.92. The molecule has 0 bridgehead atoms. The first-order valence-electron chi connectivity index (χ1n) is 7.97. The molecule has 2 aromatic rings. The monoisotopic (exact) mass is 322 g/mol. The van der Waals surface area contributed by atoms with Crippen molar-refractivity contribution in [1.29, 1.82) is 0 Å². The maximum atomic E-state index is 12.5. The summed E-state index contributed by atoms with van der Waals surface area (Å²) in [6.07, 6.45) is 6.14. The van der Waals surface area contributed by atoms with Gasteiger partial charge in [-0.15, -0.1) is 0 Å². The number of nitrogens with zero attached hydrogens (tertiary/aromatic N) is 4. The third-order valence-electron chi connectivity index (χ3n) is 4.57. The van der Waals surface area contributed by atoms with Crippen molar-refractivity contribution < 1.29 is 9.90 Å². The zero-order chi connectivity index (χ0) is 16.7. The van der Waals surface area contributed by atoms with Crippen molar-refractivity contribution in [2.75, 3.05) is 13.1 Å². The first-order valence-corrected chi connectivity index (χ1v) is 7.97. The second-order valence-electron chi connectivity index (χ2n) is 6.03. The number of aromatic nitrogens is 2. The summed E-state index contributed by atoms with van der Waals surface area (Å²) in [5.41, 5.74) is 5.08. The van der Waals surface area contributed by atoms with E-state index in [0.29, 0.717) is 18.1 Å². The molecule has 122 valence electrons. The van der Waals surface area contributed by atoms with Gasteiger partial charge in [-0.3, -0.25) is 14.4 Å². The van der Waals surface area contributed by atoms with Crippen LogP contribution in [0.4, 0.5) is 0 Å². The summed E-state index contributed by atoms with van der Waals surface area (Å²) in [5.74, 6) is 0.660. The van der Waals surface area contributed by atoms with Crippen molar-refractivity contribution >= 4 is 17.4 Å². The van der Waals surface area contributed by atoms with Gasteiger partial charge >= 0.3 is 0 Å². The van der Waals surface area contributed by atoms with E-state index in [2.05, 4.69) is 29.0 Å². The molecule has 0 radical (unpaired) electrons. The summed E-state index contributed by atoms with van der Waals surface area (Å²) in [7, 11) is 0. The largest absolute Gasteiger partial charge is 0.390 e. The van der Waals surface area contributed by atoms with Gasteiger partial charge in [-0.05, 0) is 24.5 Å². The quantitative estimate of drug-likeness (QED) is 0.862. The Morgan fingerprint density at radius 3 is 3.00 bits per heavy atom. The third kappa shape index (κ3) is 2.35. The fourth-order valence-electron chi connectivity index (χ4n) is 3.31. The van der Waals surface area contributed by atoms with Gasteiger partial charge in [0, 0.05) is 24.4 Å². The van der Waals surface area contributed by atoms with Gasteiger partial charge in [0.1, 0.15) is 18.7 Å². The molecule has 0 atom stereocenters. The van der Waals surface area contributed by atoms with Gasteiger partial charge in [-0.2, -0.15) is 0 Å². The fraction of sp³-hybridized carbons (Fsp3) is 0.278. The van der Waals surface area contributed by atoms with E-state index in [1.54, 1.807) is 17.1 Å². The summed E-state index contributed by atoms with van der Waals surface area (Å²) in [6, 6.07) is 6.18. The molecular formula is C18H18N4O2. The summed E-state index contributed by atoms with van der Waals surface area (Å²) in [4.78, 5) is 22.9. The van der Waals surface area contributed by atoms with Crippen molar-refractivity contribution in [3.8, 4) is 0 Å². The average molecular weight is 322 g/mol. The van der Waals surface area contributed by atoms with Crippen molar-refractivity contribution in [1.82, 2.24) is 14.5 Å². The van der Waals surface area contributed by atoms with Crippen molar-refractivity contribution in [3.63, 3.8) is 0 Å². The molecule has 1 aromatic carbocycles. The number of hydrogen-bond acceptors (Lipinski definition) is 4. The van der Waals surface area contributed by atoms with Crippen LogP contribution < -0.4 is 0 Å². The topological polar surface area (TPSA) is 70.7 Å². The number of carbonyl (C=O) groups is 1. The second-order valence-corrected chi connectivity index (χ2v) is 6.03. The van der Waals surface area contributed by atoms with Crippen LogP contribution in [0.2, 0.25) is 0 Å². The molecule has 2 aliphatic rings. The summed E-state index contributed by atoms with van der Waals surface area (Å²) in [6.45, 7) is 2.77. The molecule has 24 heavy (non-hydrogen) atoms. The average Bonchev–Trinajstić information content (AvgIpc) is 3.01. The predicted octanol–water partition coefficient (Wildman–Crippen LogP) is 1.37. The van der Waals surface area contributed by atoms with E-state index in [1.807, 2.05) is 17.0 Å². The summed E-state index contributed by atoms with van der Waals surface area (Å²) >= 11 is 0. The molecule has 1 aromatic heterocycles. The zero-order valence-electron chi connectivity index (χ0n) is 13.4. The molecule has 0 aliphatic carbocycles. The Labute approximate surface area is 139 Å². The lowest BCUT2D eigenvalue weighted by molar-refractivity contribution is -0.126. The number of aliphatic hydroxyl groups is 1. The van der Waals surface area contributed by atoms with E-state index < -0.39 is 0 Å². The van der Waals surface area contributed by atoms with Crippen molar-refractivity contribution in [3.05, 3.63) is 59.2 Å². The molecule has 6 heteroatoms. The van der Waals surface area contributed by atoms with Crippen molar-refractivity contribution in [2.24, 2.45) is 4.99 Å². The Hall–Kier alpha value is -2.73. The number of aryl methyl sites for hydroxylation is 1. The van der Waals surface area contributed by atoms with Crippen LogP contribution in [0, 0.1) is 6.92 Å². The molecular weight excluding hydrogens is 304 g/mol. The van der Waals surface area contributed by atoms with Crippen LogP contribution in [0.5, 0.6) is 0 Å². The highest BCUT2D eigenvalue weighted by Gasteiger charge is 2.28. The summed E-state index contributed by atoms with van der Waals surface area (Å²) < 4.78 is 1.75. The number of aliphatic hydroxyl groups excluding tert-OH is 1. The van der Waals surface area contributed by atoms with Crippen LogP contribution in [-0.4, -0.2) is 44.4 Å². The van der Waals surface area contributed by atoms with Crippen LogP contribution in [0.25, 0.3) is 5.70 Å². The predicted molar refractivity (Wildman–Crippen MR) is 90.4 cm³/mol. The number of aliphatic imine (C=N–C) groups is 1. The van der Waals surface area contributed by atoms with E-state index in [-0.39, 0.29) is 19.1 Å². The molecule has 2 aliphatic heterocycles. The van der Waals surface area contributed by atoms with E-state index in [4.69, 9.17) is 0 Å². The first-order chi connectivity index (χ1) is 11.7. The van der Waals surface area contributed by atoms with E-state index in [9.17, 15) is 9.90 Å². The SMILES string of the molecule is Cc1cccc2c1CCN1C(=O)CN=C(n3cnc(CO)c3)C=C21. The highest BCUT2D eigenvalue weighted by Crippen LogP contribution is 2.31. The minimum Gasteiger partial charge on any atom is -0.390 e. The third-order valence-corrected chi connectivity index (χ3v) is 4.57. The standard InChI is InChI=1S/C18H18N4O2/c1-12-3-2-4-15-14(12)5-6-22-16(15)7-17(19-8-18(22)24)21-9-13(10-23)20-11-21/h2-4,7,9,11,23H,5-6,8,10H2,1H3. The normalized spacial score (nSPS) is 16.9. The maximum Gasteiger partial charge on any atom is 0.248 e. The first kappa shape index (κ1) is 14.8. The highest BCUT2D eigenvalue weighted by atomic mass is 16.3. The van der Waals surface area contributed by atoms with Gasteiger partial charge in [0.05, 0.1) is 18.0 Å². The smallest absolute Gasteiger partial charge is 0.248 e. The van der Waals surface area contributed by atoms with Gasteiger partial charge in [0.15, 0.2) is 0 Å². The molecule has 0 unspecified atom stereocenters. The number of allylic oxidation sites excluding steroid dienone is 1. The van der Waals surface area contributed by atoms with Crippen LogP contribution >= 0.6 is 0 Å². The molecule has 0 spiro atoms. The number of hydrogen-bond donors (Lipinski definition) is 1. The number of rotatable bonds is 1. The molecule has 3 heterocycles. The van der Waals surface area contributed by atoms with E-state index >= 15 is 0 Å². The van der Waals surface area contributed by atoms with Crippen LogP contribution in [-0.2, 0) is 17.8 Å². The molecule has 1 amide bonds. The fourth-order valence-corrected chi connectivity index (χ4v) is 3.31. The maximum absolute atomic E-state index is 12.5. The molecule has 0 fully saturated rings. The van der Waals surface area contributed by atoms with Crippen LogP contribution in [0.15, 0.2) is 41.8 Å². The summed E-state index contributed by atoms with van der Waals surface area (Å²) in [5, 5.41) is 9.20. The molecule has 0 saturated carbocycles. The molecule has 1 N–H and O–H groups in total. The Morgan fingerprint density at radius 2 is 2.21 bits per heavy atom. The molecule has 0 saturated heterocycles. The van der Waals surface area contributed by atoms with E-state index in [1.165, 1.54) is 11.1 Å². The van der Waals surface area contributed by atoms with Gasteiger partial charge < -0.3 is 10.0 Å². The Kier molecular flexibility index (Phi) is 3.54. The van der Waals surface area contributed by atoms with Gasteiger partial charge in [0.25, 0.3) is 0 Å². The zero-order valence-corrected chi connectivity index (χ0v) is 13.4. The lowest BCUT2D eigenvalue weighted by Gasteiger charge is -2.31. The number of carbonyl (C=O) groups excluding carboxylic acids is 1. The van der Waals surface area contributed by atoms with Gasteiger partial charge in [-0.1, -0.05) is 18.2 Å². The van der Waals surface area contributed by atoms with Crippen LogP contribution in [0.1, 0.15) is 22.4 Å². The minimum absolute atomic E-state index is 0.00547. The lowest BCUT2D eigenvalue weighted by Crippen LogP contribution is -2.36. The number of benzene rings is 1. The van der Waals surface area contributed by atoms with Gasteiger partial charge in [-0.25, -0.2) is 4.98 Å². The number of fused-ring (bicyclic) bond motifs is 3. The Balaban J connectivity index is 1.84. The number of imidazole rings is 1. The Morgan fingerprint density at radius 1 is 1.33 bits per heavy atom. The van der Waals surface area contributed by atoms with Crippen molar-refractivity contribution in [2.45, 2.75) is 20.0 Å². The van der Waals surface area contributed by atoms with Gasteiger partial charge in [0.2, 0.25) is 5.91 Å².